The number of hydrogen-bond acceptors (Lipinski definition) is 3. The maximum absolute atomic E-state index is 12.8. The van der Waals surface area contributed by atoms with Crippen molar-refractivity contribution in [3.63, 3.8) is 0 Å². The van der Waals surface area contributed by atoms with E-state index in [4.69, 9.17) is 15.9 Å². The maximum atomic E-state index is 12.8. The average molecular weight is 291 g/mol. The zero-order valence-electron chi connectivity index (χ0n) is 11.6. The minimum absolute atomic E-state index is 0.159. The number of nitrogens with two attached hydrogens (primary N) is 1. The minimum Gasteiger partial charge on any atom is -0.479 e. The largest absolute Gasteiger partial charge is 0.479 e. The monoisotopic (exact) mass is 291 g/mol. The van der Waals surface area contributed by atoms with Gasteiger partial charge < -0.3 is 15.9 Å². The molecule has 5 heteroatoms. The highest BCUT2D eigenvalue weighted by Crippen LogP contribution is 2.16. The molecule has 0 heterocycles. The molecule has 0 aliphatic rings. The van der Waals surface area contributed by atoms with Crippen LogP contribution in [0.5, 0.6) is 0 Å². The second kappa shape index (κ2) is 8.14. The van der Waals surface area contributed by atoms with E-state index in [0.717, 1.165) is 6.07 Å². The van der Waals surface area contributed by atoms with Gasteiger partial charge in [-0.25, -0.2) is 9.18 Å². The molecule has 0 saturated carbocycles. The van der Waals surface area contributed by atoms with Crippen molar-refractivity contribution in [2.75, 3.05) is 0 Å². The first-order valence-corrected chi connectivity index (χ1v) is 6.39. The molecule has 4 N–H and O–H groups in total. The molecule has 4 nitrogen and oxygen atoms in total. The standard InChI is InChI=1S/C8H7FO3.C8H11N/c9-6-4-2-1-3-5(6)7(10)8(11)12;1-7(9)8-5-3-2-4-6-8/h1-4,7,10H,(H,11,12);2-7H,9H2,1H3. The van der Waals surface area contributed by atoms with E-state index in [9.17, 15) is 9.18 Å². The lowest BCUT2D eigenvalue weighted by atomic mass is 10.1. The Morgan fingerprint density at radius 2 is 1.62 bits per heavy atom. The van der Waals surface area contributed by atoms with Gasteiger partial charge in [0.25, 0.3) is 0 Å². The molecular weight excluding hydrogens is 273 g/mol. The van der Waals surface area contributed by atoms with Gasteiger partial charge in [-0.1, -0.05) is 48.5 Å². The van der Waals surface area contributed by atoms with Gasteiger partial charge in [-0.2, -0.15) is 0 Å². The lowest BCUT2D eigenvalue weighted by Gasteiger charge is -2.05. The number of halogens is 1. The Hall–Kier alpha value is -2.24. The van der Waals surface area contributed by atoms with Crippen LogP contribution in [0.3, 0.4) is 0 Å². The molecule has 0 amide bonds. The Morgan fingerprint density at radius 1 is 1.10 bits per heavy atom. The zero-order valence-corrected chi connectivity index (χ0v) is 11.6. The molecule has 2 rings (SSSR count). The number of rotatable bonds is 3. The van der Waals surface area contributed by atoms with Crippen molar-refractivity contribution in [2.45, 2.75) is 19.1 Å². The lowest BCUT2D eigenvalue weighted by Crippen LogP contribution is -2.11. The van der Waals surface area contributed by atoms with Crippen molar-refractivity contribution < 1.29 is 19.4 Å². The number of aliphatic hydroxyl groups excluding tert-OH is 1. The van der Waals surface area contributed by atoms with Crippen molar-refractivity contribution in [1.29, 1.82) is 0 Å². The number of aliphatic hydroxyl groups is 1. The van der Waals surface area contributed by atoms with Gasteiger partial charge in [0, 0.05) is 11.6 Å². The molecule has 2 atom stereocenters. The van der Waals surface area contributed by atoms with Crippen LogP contribution in [0.15, 0.2) is 54.6 Å². The highest BCUT2D eigenvalue weighted by molar-refractivity contribution is 5.74. The van der Waals surface area contributed by atoms with E-state index in [1.165, 1.54) is 23.8 Å². The molecular formula is C16H18FNO3. The van der Waals surface area contributed by atoms with Gasteiger partial charge in [0.05, 0.1) is 0 Å². The SMILES string of the molecule is CC(N)c1ccccc1.O=C(O)C(O)c1ccccc1F. The Bertz CT molecular complexity index is 573. The van der Waals surface area contributed by atoms with E-state index in [1.54, 1.807) is 0 Å². The third-order valence-corrected chi connectivity index (χ3v) is 2.76. The van der Waals surface area contributed by atoms with Crippen LogP contribution in [-0.2, 0) is 4.79 Å². The van der Waals surface area contributed by atoms with Crippen LogP contribution in [0.1, 0.15) is 30.2 Å². The minimum atomic E-state index is -1.79. The van der Waals surface area contributed by atoms with Crippen LogP contribution in [-0.4, -0.2) is 16.2 Å². The summed E-state index contributed by atoms with van der Waals surface area (Å²) in [6.07, 6.45) is -1.79. The summed E-state index contributed by atoms with van der Waals surface area (Å²) in [5, 5.41) is 17.3. The summed E-state index contributed by atoms with van der Waals surface area (Å²) in [4.78, 5) is 10.2. The van der Waals surface area contributed by atoms with Crippen LogP contribution >= 0.6 is 0 Å². The van der Waals surface area contributed by atoms with Gasteiger partial charge in [-0.15, -0.1) is 0 Å². The zero-order chi connectivity index (χ0) is 15.8. The van der Waals surface area contributed by atoms with Gasteiger partial charge in [-0.05, 0) is 18.6 Å². The summed E-state index contributed by atoms with van der Waals surface area (Å²) in [5.41, 5.74) is 6.59. The molecule has 0 bridgehead atoms. The number of hydrogen-bond donors (Lipinski definition) is 3. The first-order chi connectivity index (χ1) is 9.93. The van der Waals surface area contributed by atoms with E-state index in [0.29, 0.717) is 0 Å². The highest BCUT2D eigenvalue weighted by atomic mass is 19.1. The molecule has 112 valence electrons. The molecule has 21 heavy (non-hydrogen) atoms. The van der Waals surface area contributed by atoms with Crippen molar-refractivity contribution in [3.8, 4) is 0 Å². The third-order valence-electron chi connectivity index (χ3n) is 2.76. The van der Waals surface area contributed by atoms with E-state index in [1.807, 2.05) is 37.3 Å². The predicted octanol–water partition coefficient (Wildman–Crippen LogP) is 2.65. The summed E-state index contributed by atoms with van der Waals surface area (Å²) in [6.45, 7) is 1.98. The van der Waals surface area contributed by atoms with E-state index in [2.05, 4.69) is 0 Å². The fourth-order valence-electron chi connectivity index (χ4n) is 1.59. The average Bonchev–Trinajstić information content (AvgIpc) is 2.48. The van der Waals surface area contributed by atoms with Crippen molar-refractivity contribution in [2.24, 2.45) is 5.73 Å². The predicted molar refractivity (Wildman–Crippen MR) is 78.0 cm³/mol. The molecule has 0 spiro atoms. The Labute approximate surface area is 122 Å². The van der Waals surface area contributed by atoms with Gasteiger partial charge in [-0.3, -0.25) is 0 Å². The molecule has 0 fully saturated rings. The molecule has 2 aromatic carbocycles. The van der Waals surface area contributed by atoms with Crippen LogP contribution < -0.4 is 5.73 Å². The van der Waals surface area contributed by atoms with Crippen LogP contribution in [0.2, 0.25) is 0 Å². The van der Waals surface area contributed by atoms with Crippen molar-refractivity contribution in [1.82, 2.24) is 0 Å². The highest BCUT2D eigenvalue weighted by Gasteiger charge is 2.18. The van der Waals surface area contributed by atoms with Crippen LogP contribution in [0.25, 0.3) is 0 Å². The molecule has 0 aliphatic carbocycles. The van der Waals surface area contributed by atoms with Crippen molar-refractivity contribution >= 4 is 5.97 Å². The van der Waals surface area contributed by atoms with Gasteiger partial charge in [0.15, 0.2) is 6.10 Å². The topological polar surface area (TPSA) is 83.6 Å². The van der Waals surface area contributed by atoms with Gasteiger partial charge in [0.1, 0.15) is 5.82 Å². The van der Waals surface area contributed by atoms with E-state index < -0.39 is 17.9 Å². The Balaban J connectivity index is 0.000000219. The van der Waals surface area contributed by atoms with Crippen molar-refractivity contribution in [3.05, 3.63) is 71.5 Å². The molecule has 0 aliphatic heterocycles. The van der Waals surface area contributed by atoms with Crippen LogP contribution in [0, 0.1) is 5.82 Å². The second-order valence-corrected chi connectivity index (χ2v) is 4.46. The smallest absolute Gasteiger partial charge is 0.337 e. The maximum Gasteiger partial charge on any atom is 0.337 e. The van der Waals surface area contributed by atoms with Gasteiger partial charge in [0.2, 0.25) is 0 Å². The number of carboxylic acid groups (broad SMARTS) is 1. The van der Waals surface area contributed by atoms with Crippen LogP contribution in [0.4, 0.5) is 4.39 Å². The quantitative estimate of drug-likeness (QED) is 0.811. The summed E-state index contributed by atoms with van der Waals surface area (Å²) in [7, 11) is 0. The number of benzene rings is 2. The summed E-state index contributed by atoms with van der Waals surface area (Å²) < 4.78 is 12.8. The summed E-state index contributed by atoms with van der Waals surface area (Å²) in [6, 6.07) is 15.4. The van der Waals surface area contributed by atoms with Gasteiger partial charge >= 0.3 is 5.97 Å². The number of carbonyl (C=O) groups is 1. The molecule has 2 unspecified atom stereocenters. The fourth-order valence-corrected chi connectivity index (χ4v) is 1.59. The number of carboxylic acids is 1. The first-order valence-electron chi connectivity index (χ1n) is 6.39. The molecule has 0 aromatic heterocycles. The van der Waals surface area contributed by atoms with E-state index >= 15 is 0 Å². The Morgan fingerprint density at radius 3 is 2.05 bits per heavy atom. The normalized spacial score (nSPS) is 12.8. The molecule has 0 saturated heterocycles. The molecule has 2 aromatic rings. The Kier molecular flexibility index (Phi) is 6.52. The fraction of sp³-hybridized carbons (Fsp3) is 0.188. The van der Waals surface area contributed by atoms with E-state index in [-0.39, 0.29) is 11.6 Å². The summed E-state index contributed by atoms with van der Waals surface area (Å²) in [5.74, 6) is -2.17. The number of aliphatic carboxylic acids is 1. The summed E-state index contributed by atoms with van der Waals surface area (Å²) >= 11 is 0. The third kappa shape index (κ3) is 5.33. The first kappa shape index (κ1) is 16.8. The second-order valence-electron chi connectivity index (χ2n) is 4.46. The molecule has 0 radical (unpaired) electrons. The lowest BCUT2D eigenvalue weighted by molar-refractivity contribution is -0.147.